The molecule has 1 amide bonds. The SMILES string of the molecule is COc1ccc(C(=O)NC2CNCCC2c2ccc(F)c(F)c2)cc1[N+](=O)[O-].Cl. The van der Waals surface area contributed by atoms with Crippen LogP contribution < -0.4 is 15.4 Å². The fraction of sp³-hybridized carbons (Fsp3) is 0.316. The van der Waals surface area contributed by atoms with Crippen LogP contribution in [0.3, 0.4) is 0 Å². The lowest BCUT2D eigenvalue weighted by atomic mass is 9.85. The molecule has 156 valence electrons. The summed E-state index contributed by atoms with van der Waals surface area (Å²) in [6.45, 7) is 1.11. The van der Waals surface area contributed by atoms with Crippen molar-refractivity contribution in [1.29, 1.82) is 0 Å². The normalized spacial score (nSPS) is 18.4. The van der Waals surface area contributed by atoms with Gasteiger partial charge in [-0.2, -0.15) is 0 Å². The summed E-state index contributed by atoms with van der Waals surface area (Å²) in [4.78, 5) is 23.2. The number of ether oxygens (including phenoxy) is 1. The topological polar surface area (TPSA) is 93.5 Å². The zero-order chi connectivity index (χ0) is 20.3. The van der Waals surface area contributed by atoms with E-state index in [2.05, 4.69) is 10.6 Å². The second-order valence-electron chi connectivity index (χ2n) is 6.50. The van der Waals surface area contributed by atoms with Crippen LogP contribution in [0.15, 0.2) is 36.4 Å². The van der Waals surface area contributed by atoms with Gasteiger partial charge < -0.3 is 15.4 Å². The number of carbonyl (C=O) groups excluding carboxylic acids is 1. The summed E-state index contributed by atoms with van der Waals surface area (Å²) in [5.41, 5.74) is 0.391. The van der Waals surface area contributed by atoms with Crippen molar-refractivity contribution < 1.29 is 23.2 Å². The predicted octanol–water partition coefficient (Wildman–Crippen LogP) is 3.18. The summed E-state index contributed by atoms with van der Waals surface area (Å²) in [5.74, 6) is -2.52. The van der Waals surface area contributed by atoms with Gasteiger partial charge in [-0.15, -0.1) is 12.4 Å². The lowest BCUT2D eigenvalue weighted by molar-refractivity contribution is -0.385. The molecule has 0 radical (unpaired) electrons. The molecular weight excluding hydrogens is 408 g/mol. The zero-order valence-electron chi connectivity index (χ0n) is 15.5. The fourth-order valence-corrected chi connectivity index (χ4v) is 3.38. The van der Waals surface area contributed by atoms with Gasteiger partial charge in [0.25, 0.3) is 5.91 Å². The standard InChI is InChI=1S/C19H19F2N3O4.ClH/c1-28-18-5-3-12(9-17(18)24(26)27)19(25)23-16-10-22-7-6-13(16)11-2-4-14(20)15(21)8-11;/h2-5,8-9,13,16,22H,6-7,10H2,1H3,(H,23,25);1H. The van der Waals surface area contributed by atoms with Crippen molar-refractivity contribution in [2.24, 2.45) is 0 Å². The number of nitro groups is 1. The Balaban J connectivity index is 0.00000300. The van der Waals surface area contributed by atoms with Gasteiger partial charge in [-0.25, -0.2) is 8.78 Å². The maximum Gasteiger partial charge on any atom is 0.311 e. The maximum atomic E-state index is 13.6. The quantitative estimate of drug-likeness (QED) is 0.564. The molecule has 29 heavy (non-hydrogen) atoms. The predicted molar refractivity (Wildman–Crippen MR) is 105 cm³/mol. The van der Waals surface area contributed by atoms with Gasteiger partial charge in [-0.1, -0.05) is 6.07 Å². The van der Waals surface area contributed by atoms with Crippen LogP contribution in [0.5, 0.6) is 5.75 Å². The van der Waals surface area contributed by atoms with E-state index in [9.17, 15) is 23.7 Å². The van der Waals surface area contributed by atoms with E-state index in [1.807, 2.05) is 0 Å². The molecule has 10 heteroatoms. The number of halogens is 3. The largest absolute Gasteiger partial charge is 0.490 e. The molecule has 2 aromatic rings. The number of methoxy groups -OCH3 is 1. The molecule has 0 aliphatic carbocycles. The highest BCUT2D eigenvalue weighted by Gasteiger charge is 2.29. The Morgan fingerprint density at radius 2 is 2.00 bits per heavy atom. The summed E-state index contributed by atoms with van der Waals surface area (Å²) >= 11 is 0. The van der Waals surface area contributed by atoms with Gasteiger partial charge in [0, 0.05) is 30.1 Å². The first-order valence-corrected chi connectivity index (χ1v) is 8.69. The van der Waals surface area contributed by atoms with E-state index < -0.39 is 22.5 Å². The first-order valence-electron chi connectivity index (χ1n) is 8.69. The summed E-state index contributed by atoms with van der Waals surface area (Å²) < 4.78 is 31.8. The number of hydrogen-bond donors (Lipinski definition) is 2. The summed E-state index contributed by atoms with van der Waals surface area (Å²) in [5, 5.41) is 17.2. The minimum Gasteiger partial charge on any atom is -0.490 e. The Morgan fingerprint density at radius 1 is 1.24 bits per heavy atom. The van der Waals surface area contributed by atoms with Crippen molar-refractivity contribution in [3.63, 3.8) is 0 Å². The van der Waals surface area contributed by atoms with Gasteiger partial charge >= 0.3 is 5.69 Å². The molecule has 1 aliphatic rings. The van der Waals surface area contributed by atoms with Crippen LogP contribution in [0.2, 0.25) is 0 Å². The molecule has 1 fully saturated rings. The first kappa shape index (κ1) is 22.5. The van der Waals surface area contributed by atoms with E-state index in [1.54, 1.807) is 0 Å². The van der Waals surface area contributed by atoms with E-state index in [4.69, 9.17) is 4.74 Å². The number of benzene rings is 2. The Bertz CT molecular complexity index is 913. The number of carbonyl (C=O) groups is 1. The molecule has 1 heterocycles. The average molecular weight is 428 g/mol. The van der Waals surface area contributed by atoms with E-state index in [0.29, 0.717) is 25.1 Å². The molecule has 2 unspecified atom stereocenters. The van der Waals surface area contributed by atoms with Crippen LogP contribution >= 0.6 is 12.4 Å². The number of nitro benzene ring substituents is 1. The summed E-state index contributed by atoms with van der Waals surface area (Å²) in [6.07, 6.45) is 0.624. The third-order valence-electron chi connectivity index (χ3n) is 4.81. The van der Waals surface area contributed by atoms with Crippen LogP contribution in [0.1, 0.15) is 28.3 Å². The molecular formula is C19H20ClF2N3O4. The van der Waals surface area contributed by atoms with Crippen molar-refractivity contribution in [2.75, 3.05) is 20.2 Å². The second-order valence-corrected chi connectivity index (χ2v) is 6.50. The Kier molecular flexibility index (Phi) is 7.46. The molecule has 0 bridgehead atoms. The minimum atomic E-state index is -0.938. The van der Waals surface area contributed by atoms with Crippen molar-refractivity contribution in [2.45, 2.75) is 18.4 Å². The van der Waals surface area contributed by atoms with Crippen LogP contribution in [-0.4, -0.2) is 37.1 Å². The Morgan fingerprint density at radius 3 is 2.66 bits per heavy atom. The van der Waals surface area contributed by atoms with E-state index in [-0.39, 0.29) is 41.4 Å². The van der Waals surface area contributed by atoms with Gasteiger partial charge in [0.05, 0.1) is 12.0 Å². The van der Waals surface area contributed by atoms with Crippen LogP contribution in [0.25, 0.3) is 0 Å². The van der Waals surface area contributed by atoms with E-state index in [0.717, 1.165) is 18.2 Å². The number of rotatable bonds is 5. The molecule has 2 N–H and O–H groups in total. The highest BCUT2D eigenvalue weighted by Crippen LogP contribution is 2.29. The van der Waals surface area contributed by atoms with Gasteiger partial charge in [-0.3, -0.25) is 14.9 Å². The van der Waals surface area contributed by atoms with Crippen LogP contribution in [0, 0.1) is 21.7 Å². The maximum absolute atomic E-state index is 13.6. The minimum absolute atomic E-state index is 0. The lowest BCUT2D eigenvalue weighted by Crippen LogP contribution is -2.50. The second kappa shape index (κ2) is 9.62. The molecule has 1 aliphatic heterocycles. The average Bonchev–Trinajstić information content (AvgIpc) is 2.70. The Labute approximate surface area is 172 Å². The van der Waals surface area contributed by atoms with Gasteiger partial charge in [0.15, 0.2) is 17.4 Å². The van der Waals surface area contributed by atoms with Gasteiger partial charge in [0.1, 0.15) is 0 Å². The lowest BCUT2D eigenvalue weighted by Gasteiger charge is -2.33. The Hall–Kier alpha value is -2.78. The van der Waals surface area contributed by atoms with Crippen molar-refractivity contribution in [3.05, 3.63) is 69.3 Å². The number of nitrogens with zero attached hydrogens (tertiary/aromatic N) is 1. The number of nitrogens with one attached hydrogen (secondary N) is 2. The van der Waals surface area contributed by atoms with E-state index >= 15 is 0 Å². The van der Waals surface area contributed by atoms with Crippen LogP contribution in [0.4, 0.5) is 14.5 Å². The molecule has 2 atom stereocenters. The molecule has 0 aromatic heterocycles. The van der Waals surface area contributed by atoms with Crippen LogP contribution in [-0.2, 0) is 0 Å². The molecule has 0 saturated carbocycles. The summed E-state index contributed by atoms with van der Waals surface area (Å²) in [6, 6.07) is 7.28. The van der Waals surface area contributed by atoms with E-state index in [1.165, 1.54) is 25.3 Å². The highest BCUT2D eigenvalue weighted by atomic mass is 35.5. The summed E-state index contributed by atoms with van der Waals surface area (Å²) in [7, 11) is 1.31. The monoisotopic (exact) mass is 427 g/mol. The number of hydrogen-bond acceptors (Lipinski definition) is 5. The fourth-order valence-electron chi connectivity index (χ4n) is 3.38. The smallest absolute Gasteiger partial charge is 0.311 e. The number of piperidine rings is 1. The zero-order valence-corrected chi connectivity index (χ0v) is 16.3. The molecule has 0 spiro atoms. The first-order chi connectivity index (χ1) is 13.4. The third kappa shape index (κ3) is 4.99. The highest BCUT2D eigenvalue weighted by molar-refractivity contribution is 5.95. The van der Waals surface area contributed by atoms with Gasteiger partial charge in [0.2, 0.25) is 0 Å². The number of amides is 1. The third-order valence-corrected chi connectivity index (χ3v) is 4.81. The van der Waals surface area contributed by atoms with Crippen molar-refractivity contribution in [3.8, 4) is 5.75 Å². The molecule has 3 rings (SSSR count). The van der Waals surface area contributed by atoms with Crippen molar-refractivity contribution >= 4 is 24.0 Å². The molecule has 2 aromatic carbocycles. The molecule has 7 nitrogen and oxygen atoms in total. The van der Waals surface area contributed by atoms with Crippen molar-refractivity contribution in [1.82, 2.24) is 10.6 Å². The molecule has 1 saturated heterocycles. The van der Waals surface area contributed by atoms with Gasteiger partial charge in [-0.05, 0) is 42.8 Å².